The van der Waals surface area contributed by atoms with Crippen LogP contribution >= 0.6 is 0 Å². The van der Waals surface area contributed by atoms with Crippen molar-refractivity contribution in [1.82, 2.24) is 0 Å². The molecule has 2 atom stereocenters. The predicted molar refractivity (Wildman–Crippen MR) is 64.4 cm³/mol. The van der Waals surface area contributed by atoms with Crippen molar-refractivity contribution in [2.24, 2.45) is 23.7 Å². The van der Waals surface area contributed by atoms with E-state index < -0.39 is 0 Å². The van der Waals surface area contributed by atoms with Crippen molar-refractivity contribution in [3.63, 3.8) is 0 Å². The van der Waals surface area contributed by atoms with Gasteiger partial charge in [0, 0.05) is 0 Å². The standard InChI is InChI=1S/C14H28/c1-11(2)13-8-6-5-7-9-14(10-13)12(3)4/h11-14H,5-10H2,1-4H3. The van der Waals surface area contributed by atoms with Crippen molar-refractivity contribution >= 4 is 0 Å². The Balaban J connectivity index is 2.50. The number of rotatable bonds is 2. The Morgan fingerprint density at radius 2 is 1.14 bits per heavy atom. The molecule has 0 saturated heterocycles. The molecule has 0 radical (unpaired) electrons. The molecule has 0 spiro atoms. The number of hydrogen-bond donors (Lipinski definition) is 0. The maximum atomic E-state index is 2.41. The third kappa shape index (κ3) is 3.63. The van der Waals surface area contributed by atoms with E-state index in [1.807, 2.05) is 0 Å². The van der Waals surface area contributed by atoms with Gasteiger partial charge in [-0.1, -0.05) is 59.8 Å². The van der Waals surface area contributed by atoms with Gasteiger partial charge in [-0.2, -0.15) is 0 Å². The third-order valence-corrected chi connectivity index (χ3v) is 4.14. The van der Waals surface area contributed by atoms with E-state index >= 15 is 0 Å². The zero-order chi connectivity index (χ0) is 10.6. The fourth-order valence-corrected chi connectivity index (χ4v) is 2.83. The van der Waals surface area contributed by atoms with Gasteiger partial charge >= 0.3 is 0 Å². The van der Waals surface area contributed by atoms with Crippen LogP contribution < -0.4 is 0 Å². The van der Waals surface area contributed by atoms with E-state index in [2.05, 4.69) is 27.7 Å². The van der Waals surface area contributed by atoms with E-state index in [9.17, 15) is 0 Å². The Morgan fingerprint density at radius 1 is 0.714 bits per heavy atom. The molecule has 1 aliphatic rings. The van der Waals surface area contributed by atoms with Crippen LogP contribution in [0.25, 0.3) is 0 Å². The highest BCUT2D eigenvalue weighted by atomic mass is 14.3. The van der Waals surface area contributed by atoms with E-state index in [0.29, 0.717) is 0 Å². The molecule has 0 aromatic heterocycles. The number of hydrogen-bond acceptors (Lipinski definition) is 0. The van der Waals surface area contributed by atoms with Crippen LogP contribution in [0.1, 0.15) is 66.2 Å². The van der Waals surface area contributed by atoms with Gasteiger partial charge in [-0.05, 0) is 30.1 Å². The van der Waals surface area contributed by atoms with Crippen molar-refractivity contribution in [1.29, 1.82) is 0 Å². The first kappa shape index (κ1) is 12.1. The maximum absolute atomic E-state index is 2.41. The van der Waals surface area contributed by atoms with Crippen LogP contribution in [0.3, 0.4) is 0 Å². The summed E-state index contributed by atoms with van der Waals surface area (Å²) in [6.45, 7) is 9.63. The average molecular weight is 196 g/mol. The van der Waals surface area contributed by atoms with Gasteiger partial charge in [0.2, 0.25) is 0 Å². The quantitative estimate of drug-likeness (QED) is 0.590. The molecular formula is C14H28. The molecule has 0 heterocycles. The Kier molecular flexibility index (Phi) is 4.98. The molecule has 0 nitrogen and oxygen atoms in total. The second-order valence-electron chi connectivity index (χ2n) is 5.88. The summed E-state index contributed by atoms with van der Waals surface area (Å²) in [6, 6.07) is 0. The van der Waals surface area contributed by atoms with Crippen LogP contribution in [-0.2, 0) is 0 Å². The van der Waals surface area contributed by atoms with Gasteiger partial charge in [0.1, 0.15) is 0 Å². The third-order valence-electron chi connectivity index (χ3n) is 4.14. The zero-order valence-corrected chi connectivity index (χ0v) is 10.6. The van der Waals surface area contributed by atoms with Crippen LogP contribution in [-0.4, -0.2) is 0 Å². The van der Waals surface area contributed by atoms with Crippen molar-refractivity contribution < 1.29 is 0 Å². The normalized spacial score (nSPS) is 30.4. The summed E-state index contributed by atoms with van der Waals surface area (Å²) < 4.78 is 0. The molecule has 0 heteroatoms. The highest BCUT2D eigenvalue weighted by Gasteiger charge is 2.22. The molecule has 1 saturated carbocycles. The lowest BCUT2D eigenvalue weighted by molar-refractivity contribution is 0.205. The molecule has 1 aliphatic carbocycles. The van der Waals surface area contributed by atoms with Crippen LogP contribution in [0.5, 0.6) is 0 Å². The second-order valence-corrected chi connectivity index (χ2v) is 5.88. The lowest BCUT2D eigenvalue weighted by Gasteiger charge is -2.31. The Labute approximate surface area is 90.5 Å². The molecule has 0 N–H and O–H groups in total. The van der Waals surface area contributed by atoms with Crippen LogP contribution in [0, 0.1) is 23.7 Å². The molecule has 1 rings (SSSR count). The summed E-state index contributed by atoms with van der Waals surface area (Å²) >= 11 is 0. The van der Waals surface area contributed by atoms with Crippen LogP contribution in [0.2, 0.25) is 0 Å². The predicted octanol–water partition coefficient (Wildman–Crippen LogP) is 4.89. The van der Waals surface area contributed by atoms with Gasteiger partial charge in [0.05, 0.1) is 0 Å². The Morgan fingerprint density at radius 3 is 1.50 bits per heavy atom. The van der Waals surface area contributed by atoms with Crippen molar-refractivity contribution in [3.8, 4) is 0 Å². The minimum absolute atomic E-state index is 0.898. The Bertz CT molecular complexity index is 130. The molecule has 0 aromatic rings. The molecule has 84 valence electrons. The molecule has 0 aromatic carbocycles. The lowest BCUT2D eigenvalue weighted by atomic mass is 9.75. The first-order chi connectivity index (χ1) is 6.61. The topological polar surface area (TPSA) is 0 Å². The summed E-state index contributed by atoms with van der Waals surface area (Å²) in [7, 11) is 0. The molecule has 0 amide bonds. The molecule has 1 fully saturated rings. The summed E-state index contributed by atoms with van der Waals surface area (Å²) in [5.41, 5.74) is 0. The van der Waals surface area contributed by atoms with Gasteiger partial charge in [0.15, 0.2) is 0 Å². The largest absolute Gasteiger partial charge is 0.0625 e. The fraction of sp³-hybridized carbons (Fsp3) is 1.00. The van der Waals surface area contributed by atoms with E-state index in [4.69, 9.17) is 0 Å². The summed E-state index contributed by atoms with van der Waals surface area (Å²) in [4.78, 5) is 0. The van der Waals surface area contributed by atoms with Gasteiger partial charge in [-0.25, -0.2) is 0 Å². The van der Waals surface area contributed by atoms with Gasteiger partial charge < -0.3 is 0 Å². The molecule has 14 heavy (non-hydrogen) atoms. The minimum atomic E-state index is 0.898. The SMILES string of the molecule is CC(C)C1CCCCCC(C(C)C)C1. The van der Waals surface area contributed by atoms with Crippen molar-refractivity contribution in [2.75, 3.05) is 0 Å². The van der Waals surface area contributed by atoms with Crippen LogP contribution in [0.15, 0.2) is 0 Å². The second kappa shape index (κ2) is 5.78. The molecule has 2 unspecified atom stereocenters. The van der Waals surface area contributed by atoms with Gasteiger partial charge in [-0.3, -0.25) is 0 Å². The highest BCUT2D eigenvalue weighted by molar-refractivity contribution is 4.74. The summed E-state index contributed by atoms with van der Waals surface area (Å²) in [6.07, 6.45) is 8.91. The summed E-state index contributed by atoms with van der Waals surface area (Å²) in [5, 5.41) is 0. The van der Waals surface area contributed by atoms with Crippen LogP contribution in [0.4, 0.5) is 0 Å². The van der Waals surface area contributed by atoms with E-state index in [-0.39, 0.29) is 0 Å². The first-order valence-electron chi connectivity index (χ1n) is 6.61. The monoisotopic (exact) mass is 196 g/mol. The Hall–Kier alpha value is 0. The minimum Gasteiger partial charge on any atom is -0.0625 e. The molecule has 0 bridgehead atoms. The van der Waals surface area contributed by atoms with Crippen molar-refractivity contribution in [2.45, 2.75) is 66.2 Å². The lowest BCUT2D eigenvalue weighted by Crippen LogP contribution is -2.20. The average Bonchev–Trinajstić information content (AvgIpc) is 2.01. The van der Waals surface area contributed by atoms with E-state index in [0.717, 1.165) is 23.7 Å². The zero-order valence-electron chi connectivity index (χ0n) is 10.6. The molecular weight excluding hydrogens is 168 g/mol. The van der Waals surface area contributed by atoms with E-state index in [1.54, 1.807) is 0 Å². The van der Waals surface area contributed by atoms with Gasteiger partial charge in [-0.15, -0.1) is 0 Å². The first-order valence-corrected chi connectivity index (χ1v) is 6.61. The molecule has 0 aliphatic heterocycles. The van der Waals surface area contributed by atoms with Gasteiger partial charge in [0.25, 0.3) is 0 Å². The highest BCUT2D eigenvalue weighted by Crippen LogP contribution is 2.34. The fourth-order valence-electron chi connectivity index (χ4n) is 2.83. The van der Waals surface area contributed by atoms with E-state index in [1.165, 1.54) is 38.5 Å². The smallest absolute Gasteiger partial charge is 0.0388 e. The van der Waals surface area contributed by atoms with Crippen molar-refractivity contribution in [3.05, 3.63) is 0 Å². The maximum Gasteiger partial charge on any atom is -0.0388 e. The summed E-state index contributed by atoms with van der Waals surface area (Å²) in [5.74, 6) is 3.80.